The van der Waals surface area contributed by atoms with Crippen molar-refractivity contribution in [2.45, 2.75) is 63.0 Å². The van der Waals surface area contributed by atoms with Crippen LogP contribution in [0.4, 0.5) is 0 Å². The molecule has 0 N–H and O–H groups in total. The molecule has 3 aromatic carbocycles. The average molecular weight is 636 g/mol. The summed E-state index contributed by atoms with van der Waals surface area (Å²) in [5.74, 6) is 0.859. The van der Waals surface area contributed by atoms with Crippen molar-refractivity contribution in [2.75, 3.05) is 13.7 Å². The van der Waals surface area contributed by atoms with Gasteiger partial charge in [-0.05, 0) is 19.1 Å². The van der Waals surface area contributed by atoms with Crippen LogP contribution in [0.2, 0.25) is 24.0 Å². The Morgan fingerprint density at radius 2 is 1.36 bits per heavy atom. The van der Waals surface area contributed by atoms with Gasteiger partial charge in [0.1, 0.15) is 0 Å². The molecule has 0 aliphatic carbocycles. The minimum absolute atomic E-state index is 0.481. The number of unbranched alkanes of at least 4 members (excludes halogenated alkanes) is 2. The van der Waals surface area contributed by atoms with Gasteiger partial charge in [-0.15, -0.1) is 0 Å². The maximum absolute atomic E-state index is 13.2. The Labute approximate surface area is 242 Å². The summed E-state index contributed by atoms with van der Waals surface area (Å²) in [7, 11) is 0.318. The monoisotopic (exact) mass is 635 g/mol. The van der Waals surface area contributed by atoms with Crippen LogP contribution >= 0.6 is 0 Å². The number of nitrogens with zero attached hydrogens (tertiary/aromatic N) is 1. The van der Waals surface area contributed by atoms with Gasteiger partial charge in [0.2, 0.25) is 0 Å². The molecule has 1 atom stereocenters. The molecule has 0 aliphatic heterocycles. The summed E-state index contributed by atoms with van der Waals surface area (Å²) in [4.78, 5) is -0.481. The fourth-order valence-corrected chi connectivity index (χ4v) is 8.03. The van der Waals surface area contributed by atoms with Gasteiger partial charge in [-0.25, -0.2) is 0 Å². The van der Waals surface area contributed by atoms with Crippen LogP contribution in [0.5, 0.6) is 5.75 Å². The molecule has 0 heterocycles. The van der Waals surface area contributed by atoms with Crippen molar-refractivity contribution in [1.82, 2.24) is 0 Å². The predicted molar refractivity (Wildman–Crippen MR) is 152 cm³/mol. The molecule has 0 amide bonds. The Morgan fingerprint density at radius 1 is 0.821 bits per heavy atom. The molecule has 0 aliphatic rings. The van der Waals surface area contributed by atoms with Gasteiger partial charge in [-0.2, -0.15) is 0 Å². The van der Waals surface area contributed by atoms with Gasteiger partial charge in [-0.3, -0.25) is 0 Å². The summed E-state index contributed by atoms with van der Waals surface area (Å²) in [6.07, 6.45) is 4.61. The number of benzene rings is 3. The Hall–Kier alpha value is -2.26. The first-order valence-electron chi connectivity index (χ1n) is 13.3. The van der Waals surface area contributed by atoms with Crippen molar-refractivity contribution >= 4 is 21.8 Å². The molecule has 8 heteroatoms. The summed E-state index contributed by atoms with van der Waals surface area (Å²) >= 11 is -3.52. The van der Waals surface area contributed by atoms with Crippen molar-refractivity contribution in [1.29, 1.82) is 5.26 Å². The van der Waals surface area contributed by atoms with Crippen molar-refractivity contribution in [3.8, 4) is 22.9 Å². The van der Waals surface area contributed by atoms with E-state index in [-0.39, 0.29) is 0 Å². The first-order valence-corrected chi connectivity index (χ1v) is 19.4. The molecule has 0 saturated heterocycles. The first kappa shape index (κ1) is 31.3. The number of nitriles is 1. The van der Waals surface area contributed by atoms with E-state index in [9.17, 15) is 13.0 Å². The third kappa shape index (κ3) is 9.41. The van der Waals surface area contributed by atoms with Crippen LogP contribution in [0.1, 0.15) is 39.0 Å². The Balaban J connectivity index is 1.56. The second-order valence-corrected chi connectivity index (χ2v) is 18.2. The molecule has 0 fully saturated rings. The van der Waals surface area contributed by atoms with E-state index >= 15 is 0 Å². The SMILES string of the molecule is CCCC[CH](C#N)[Co](=[O])[c]1cc[c]([Co](=[O])[c]2ccc(-c3ccc(OCCCC[Si](C)(C)OC)cc3)cc2)cc1. The fraction of sp³-hybridized carbons (Fsp3) is 0.387. The molecule has 1 unspecified atom stereocenters. The molecule has 0 spiro atoms. The van der Waals surface area contributed by atoms with Gasteiger partial charge < -0.3 is 4.43 Å². The molecule has 0 aromatic heterocycles. The van der Waals surface area contributed by atoms with Gasteiger partial charge >= 0.3 is 205 Å². The van der Waals surface area contributed by atoms with Crippen LogP contribution < -0.4 is 18.2 Å². The van der Waals surface area contributed by atoms with Crippen molar-refractivity contribution in [3.05, 3.63) is 72.8 Å². The number of rotatable bonds is 15. The van der Waals surface area contributed by atoms with Gasteiger partial charge in [0, 0.05) is 7.11 Å². The van der Waals surface area contributed by atoms with E-state index in [1.54, 1.807) is 24.3 Å². The molecule has 0 saturated carbocycles. The summed E-state index contributed by atoms with van der Waals surface area (Å²) in [5.41, 5.74) is 2.11. The summed E-state index contributed by atoms with van der Waals surface area (Å²) in [6.45, 7) is 7.23. The molecule has 3 rings (SSSR count). The third-order valence-corrected chi connectivity index (χ3v) is 13.0. The fourth-order valence-electron chi connectivity index (χ4n) is 3.86. The second-order valence-electron chi connectivity index (χ2n) is 9.83. The van der Waals surface area contributed by atoms with E-state index in [1.807, 2.05) is 55.6 Å². The van der Waals surface area contributed by atoms with Crippen LogP contribution in [0, 0.1) is 11.3 Å². The molecule has 0 bridgehead atoms. The number of ether oxygens (including phenoxy) is 1. The number of hydrogen-bond donors (Lipinski definition) is 0. The molecule has 5 nitrogen and oxygen atoms in total. The predicted octanol–water partition coefficient (Wildman–Crippen LogP) is 6.37. The minimum atomic E-state index is -1.77. The number of hydrogen-bond acceptors (Lipinski definition) is 5. The van der Waals surface area contributed by atoms with Crippen LogP contribution in [0.3, 0.4) is 0 Å². The van der Waals surface area contributed by atoms with Crippen molar-refractivity contribution < 1.29 is 44.1 Å². The standard InChI is InChI=1S/C19H25O2Si.C6H10N.C6H4.2Co.2O/c1-20-22(2,3)16-8-7-15-21-19-13-11-18(12-14-19)17-9-5-4-6-10-17;1-2-3-4-5-6-7;1-2-4-6-5-3-1;;;;/h5-6,9-14H,7-8,15-16H2,1-3H3;5H,2-4H2,1H3;1-2,5-6H;;;;. The van der Waals surface area contributed by atoms with E-state index in [0.29, 0.717) is 22.0 Å². The van der Waals surface area contributed by atoms with Gasteiger partial charge in [0.25, 0.3) is 0 Å². The molecular formula is C31H39Co2NO4Si. The molecule has 39 heavy (non-hydrogen) atoms. The Morgan fingerprint density at radius 3 is 1.90 bits per heavy atom. The zero-order valence-corrected chi connectivity index (χ0v) is 26.3. The van der Waals surface area contributed by atoms with Gasteiger partial charge in [0.15, 0.2) is 8.32 Å². The van der Waals surface area contributed by atoms with Crippen LogP contribution in [-0.4, -0.2) is 22.0 Å². The zero-order valence-electron chi connectivity index (χ0n) is 23.2. The molecule has 3 aromatic rings. The van der Waals surface area contributed by atoms with Crippen molar-refractivity contribution in [3.63, 3.8) is 0 Å². The molecular weight excluding hydrogens is 596 g/mol. The van der Waals surface area contributed by atoms with E-state index in [0.717, 1.165) is 53.1 Å². The van der Waals surface area contributed by atoms with Crippen LogP contribution in [0.15, 0.2) is 72.8 Å². The average Bonchev–Trinajstić information content (AvgIpc) is 2.97. The first-order chi connectivity index (χ1) is 18.8. The molecule has 0 radical (unpaired) electrons. The van der Waals surface area contributed by atoms with Crippen molar-refractivity contribution in [2.24, 2.45) is 0 Å². The third-order valence-electron chi connectivity index (χ3n) is 6.47. The van der Waals surface area contributed by atoms with E-state index in [4.69, 9.17) is 9.16 Å². The molecule has 214 valence electrons. The quantitative estimate of drug-likeness (QED) is 0.143. The summed E-state index contributed by atoms with van der Waals surface area (Å²) < 4.78 is 39.5. The van der Waals surface area contributed by atoms with Gasteiger partial charge in [0.05, 0.1) is 0 Å². The van der Waals surface area contributed by atoms with E-state index in [2.05, 4.69) is 26.1 Å². The Bertz CT molecular complexity index is 1270. The second kappa shape index (κ2) is 15.5. The summed E-state index contributed by atoms with van der Waals surface area (Å²) in [5, 5.41) is 9.39. The van der Waals surface area contributed by atoms with Crippen LogP contribution in [0.25, 0.3) is 11.1 Å². The van der Waals surface area contributed by atoms with E-state index < -0.39 is 40.3 Å². The van der Waals surface area contributed by atoms with E-state index in [1.165, 1.54) is 0 Å². The van der Waals surface area contributed by atoms with Gasteiger partial charge in [-0.1, -0.05) is 0 Å². The Kier molecular flexibility index (Phi) is 12.4. The summed E-state index contributed by atoms with van der Waals surface area (Å²) in [6, 6.07) is 26.2. The maximum atomic E-state index is 13.2. The zero-order chi connectivity index (χ0) is 28.3. The van der Waals surface area contributed by atoms with Crippen LogP contribution in [-0.2, 0) is 39.3 Å². The topological polar surface area (TPSA) is 76.4 Å². The normalized spacial score (nSPS) is 12.9.